The van der Waals surface area contributed by atoms with E-state index >= 15 is 0 Å². The Labute approximate surface area is 97.0 Å². The van der Waals surface area contributed by atoms with Gasteiger partial charge in [0.15, 0.2) is 0 Å². The van der Waals surface area contributed by atoms with E-state index in [1.807, 2.05) is 0 Å². The van der Waals surface area contributed by atoms with Gasteiger partial charge in [-0.3, -0.25) is 4.79 Å². The second-order valence-corrected chi connectivity index (χ2v) is 5.17. The molecule has 0 unspecified atom stereocenters. The molecule has 0 bridgehead atoms. The van der Waals surface area contributed by atoms with E-state index in [4.69, 9.17) is 5.11 Å². The Bertz CT molecular complexity index is 482. The highest BCUT2D eigenvalue weighted by Crippen LogP contribution is 2.38. The summed E-state index contributed by atoms with van der Waals surface area (Å²) in [5, 5.41) is 11.9. The van der Waals surface area contributed by atoms with Crippen molar-refractivity contribution < 1.29 is 14.7 Å². The average Bonchev–Trinajstić information content (AvgIpc) is 2.18. The predicted octanol–water partition coefficient (Wildman–Crippen LogP) is 2.21. The lowest BCUT2D eigenvalue weighted by Crippen LogP contribution is -2.41. The van der Waals surface area contributed by atoms with Crippen molar-refractivity contribution in [2.75, 3.05) is 5.32 Å². The fourth-order valence-electron chi connectivity index (χ4n) is 1.46. The maximum Gasteiger partial charge on any atom is 0.335 e. The van der Waals surface area contributed by atoms with Crippen LogP contribution in [0.15, 0.2) is 23.1 Å². The Hall–Kier alpha value is -1.49. The zero-order valence-corrected chi connectivity index (χ0v) is 9.72. The van der Waals surface area contributed by atoms with Crippen LogP contribution in [0.3, 0.4) is 0 Å². The lowest BCUT2D eigenvalue weighted by atomic mass is 10.1. The van der Waals surface area contributed by atoms with Crippen molar-refractivity contribution in [1.29, 1.82) is 0 Å². The standard InChI is InChI=1S/C11H11NO3S/c1-11(2)10(15)16-8-4-3-6(9(13)14)5-7(8)12-11/h3-5,12H,1-2H3,(H,13,14). The molecule has 0 saturated heterocycles. The Morgan fingerprint density at radius 1 is 1.44 bits per heavy atom. The molecule has 2 rings (SSSR count). The van der Waals surface area contributed by atoms with Crippen LogP contribution >= 0.6 is 11.8 Å². The van der Waals surface area contributed by atoms with Gasteiger partial charge in [0.2, 0.25) is 5.12 Å². The molecule has 16 heavy (non-hydrogen) atoms. The third-order valence-corrected chi connectivity index (χ3v) is 3.66. The number of carbonyl (C=O) groups excluding carboxylic acids is 1. The SMILES string of the molecule is CC1(C)Nc2cc(C(=O)O)ccc2SC1=O. The van der Waals surface area contributed by atoms with Crippen LogP contribution in [0.25, 0.3) is 0 Å². The van der Waals surface area contributed by atoms with Crippen LogP contribution in [0.2, 0.25) is 0 Å². The van der Waals surface area contributed by atoms with Gasteiger partial charge in [0.25, 0.3) is 0 Å². The molecule has 0 radical (unpaired) electrons. The topological polar surface area (TPSA) is 66.4 Å². The molecular formula is C11H11NO3S. The smallest absolute Gasteiger partial charge is 0.335 e. The normalized spacial score (nSPS) is 17.5. The highest BCUT2D eigenvalue weighted by Gasteiger charge is 2.33. The van der Waals surface area contributed by atoms with Crippen molar-refractivity contribution in [3.8, 4) is 0 Å². The highest BCUT2D eigenvalue weighted by molar-refractivity contribution is 8.14. The quantitative estimate of drug-likeness (QED) is 0.783. The molecule has 0 saturated carbocycles. The van der Waals surface area contributed by atoms with Gasteiger partial charge < -0.3 is 10.4 Å². The minimum Gasteiger partial charge on any atom is -0.478 e. The van der Waals surface area contributed by atoms with Crippen molar-refractivity contribution in [1.82, 2.24) is 0 Å². The summed E-state index contributed by atoms with van der Waals surface area (Å²) < 4.78 is 0. The molecule has 84 valence electrons. The van der Waals surface area contributed by atoms with Crippen LogP contribution in [-0.2, 0) is 4.79 Å². The summed E-state index contributed by atoms with van der Waals surface area (Å²) in [5.41, 5.74) is 0.265. The maximum absolute atomic E-state index is 11.7. The molecule has 2 N–H and O–H groups in total. The molecule has 4 nitrogen and oxygen atoms in total. The van der Waals surface area contributed by atoms with Crippen molar-refractivity contribution in [3.05, 3.63) is 23.8 Å². The van der Waals surface area contributed by atoms with Gasteiger partial charge in [-0.25, -0.2) is 4.79 Å². The predicted molar refractivity (Wildman–Crippen MR) is 62.0 cm³/mol. The van der Waals surface area contributed by atoms with Crippen molar-refractivity contribution in [2.24, 2.45) is 0 Å². The van der Waals surface area contributed by atoms with E-state index in [9.17, 15) is 9.59 Å². The monoisotopic (exact) mass is 237 g/mol. The first-order valence-electron chi connectivity index (χ1n) is 4.78. The number of rotatable bonds is 1. The van der Waals surface area contributed by atoms with E-state index < -0.39 is 11.5 Å². The largest absolute Gasteiger partial charge is 0.478 e. The van der Waals surface area contributed by atoms with Gasteiger partial charge in [0, 0.05) is 10.6 Å². The second-order valence-electron chi connectivity index (χ2n) is 4.16. The summed E-state index contributed by atoms with van der Waals surface area (Å²) in [6, 6.07) is 4.71. The van der Waals surface area contributed by atoms with Gasteiger partial charge in [-0.2, -0.15) is 0 Å². The molecule has 1 aliphatic rings. The molecule has 0 aliphatic carbocycles. The average molecular weight is 237 g/mol. The van der Waals surface area contributed by atoms with Crippen molar-refractivity contribution in [2.45, 2.75) is 24.3 Å². The number of carboxylic acid groups (broad SMARTS) is 1. The van der Waals surface area contributed by atoms with Crippen LogP contribution in [-0.4, -0.2) is 21.7 Å². The molecule has 5 heteroatoms. The molecule has 0 aromatic heterocycles. The molecule has 1 aliphatic heterocycles. The number of benzene rings is 1. The number of carbonyl (C=O) groups is 2. The van der Waals surface area contributed by atoms with E-state index in [0.29, 0.717) is 5.69 Å². The lowest BCUT2D eigenvalue weighted by Gasteiger charge is -2.31. The van der Waals surface area contributed by atoms with Crippen molar-refractivity contribution in [3.63, 3.8) is 0 Å². The van der Waals surface area contributed by atoms with Gasteiger partial charge in [0.05, 0.1) is 5.56 Å². The highest BCUT2D eigenvalue weighted by atomic mass is 32.2. The molecular weight excluding hydrogens is 226 g/mol. The van der Waals surface area contributed by atoms with Crippen LogP contribution in [0, 0.1) is 0 Å². The Balaban J connectivity index is 2.45. The summed E-state index contributed by atoms with van der Waals surface area (Å²) in [4.78, 5) is 23.3. The van der Waals surface area contributed by atoms with Gasteiger partial charge in [-0.1, -0.05) is 0 Å². The number of hydrogen-bond donors (Lipinski definition) is 2. The van der Waals surface area contributed by atoms with Gasteiger partial charge in [-0.05, 0) is 43.8 Å². The van der Waals surface area contributed by atoms with E-state index in [0.717, 1.165) is 16.7 Å². The third kappa shape index (κ3) is 1.78. The fourth-order valence-corrected chi connectivity index (χ4v) is 2.33. The fraction of sp³-hybridized carbons (Fsp3) is 0.273. The Kier molecular flexibility index (Phi) is 2.42. The third-order valence-electron chi connectivity index (χ3n) is 2.39. The van der Waals surface area contributed by atoms with Crippen molar-refractivity contribution >= 4 is 28.5 Å². The first-order chi connectivity index (χ1) is 7.40. The first-order valence-corrected chi connectivity index (χ1v) is 5.59. The summed E-state index contributed by atoms with van der Waals surface area (Å²) in [5.74, 6) is -0.968. The number of anilines is 1. The van der Waals surface area contributed by atoms with Gasteiger partial charge in [0.1, 0.15) is 5.54 Å². The van der Waals surface area contributed by atoms with Gasteiger partial charge >= 0.3 is 5.97 Å². The number of nitrogens with one attached hydrogen (secondary N) is 1. The van der Waals surface area contributed by atoms with E-state index in [1.54, 1.807) is 26.0 Å². The summed E-state index contributed by atoms with van der Waals surface area (Å²) in [7, 11) is 0. The van der Waals surface area contributed by atoms with E-state index in [2.05, 4.69) is 5.32 Å². The zero-order chi connectivity index (χ0) is 11.9. The number of aromatic carboxylic acids is 1. The molecule has 1 aromatic rings. The molecule has 0 atom stereocenters. The number of fused-ring (bicyclic) bond motifs is 1. The summed E-state index contributed by atoms with van der Waals surface area (Å²) >= 11 is 1.14. The summed E-state index contributed by atoms with van der Waals surface area (Å²) in [6.07, 6.45) is 0. The molecule has 0 amide bonds. The van der Waals surface area contributed by atoms with Crippen LogP contribution in [0.1, 0.15) is 24.2 Å². The Morgan fingerprint density at radius 2 is 2.12 bits per heavy atom. The van der Waals surface area contributed by atoms with Gasteiger partial charge in [-0.15, -0.1) is 0 Å². The number of thioether (sulfide) groups is 1. The minimum absolute atomic E-state index is 0.0306. The lowest BCUT2D eigenvalue weighted by molar-refractivity contribution is -0.114. The second kappa shape index (κ2) is 3.52. The molecule has 1 heterocycles. The van der Waals surface area contributed by atoms with E-state index in [-0.39, 0.29) is 10.7 Å². The number of carboxylic acids is 1. The number of hydrogen-bond acceptors (Lipinski definition) is 4. The molecule has 0 fully saturated rings. The maximum atomic E-state index is 11.7. The van der Waals surface area contributed by atoms with Crippen LogP contribution in [0.4, 0.5) is 5.69 Å². The molecule has 1 aromatic carbocycles. The Morgan fingerprint density at radius 3 is 2.75 bits per heavy atom. The summed E-state index contributed by atoms with van der Waals surface area (Å²) in [6.45, 7) is 3.55. The first kappa shape index (κ1) is 11.0. The van der Waals surface area contributed by atoms with Crippen LogP contribution < -0.4 is 5.32 Å². The minimum atomic E-state index is -0.968. The zero-order valence-electron chi connectivity index (χ0n) is 8.90. The molecule has 0 spiro atoms. The van der Waals surface area contributed by atoms with E-state index in [1.165, 1.54) is 6.07 Å². The van der Waals surface area contributed by atoms with Crippen LogP contribution in [0.5, 0.6) is 0 Å².